The molecule has 1 atom stereocenters. The summed E-state index contributed by atoms with van der Waals surface area (Å²) < 4.78 is 0. The van der Waals surface area contributed by atoms with E-state index in [0.717, 1.165) is 5.56 Å². The minimum absolute atomic E-state index is 0.215. The van der Waals surface area contributed by atoms with Crippen molar-refractivity contribution in [1.82, 2.24) is 10.9 Å². The lowest BCUT2D eigenvalue weighted by molar-refractivity contribution is 0.187. The van der Waals surface area contributed by atoms with E-state index in [4.69, 9.17) is 5.11 Å². The summed E-state index contributed by atoms with van der Waals surface area (Å²) in [5, 5.41) is 8.40. The molecule has 0 aliphatic rings. The topological polar surface area (TPSA) is 61.4 Å². The van der Waals surface area contributed by atoms with Crippen LogP contribution in [0.1, 0.15) is 11.6 Å². The van der Waals surface area contributed by atoms with Crippen LogP contribution in [0.2, 0.25) is 0 Å². The summed E-state index contributed by atoms with van der Waals surface area (Å²) in [5.41, 5.74) is 5.66. The molecular formula is C10H12N2O2. The molecule has 1 amide bonds. The number of hydrazine groups is 1. The van der Waals surface area contributed by atoms with Crippen molar-refractivity contribution in [2.24, 2.45) is 0 Å². The van der Waals surface area contributed by atoms with Gasteiger partial charge in [-0.05, 0) is 5.56 Å². The Labute approximate surface area is 82.2 Å². The van der Waals surface area contributed by atoms with Gasteiger partial charge in [-0.25, -0.2) is 10.2 Å². The Kier molecular flexibility index (Phi) is 3.69. The van der Waals surface area contributed by atoms with E-state index in [1.807, 2.05) is 30.3 Å². The maximum absolute atomic E-state index is 10.2. The summed E-state index contributed by atoms with van der Waals surface area (Å²) >= 11 is 0. The van der Waals surface area contributed by atoms with Crippen molar-refractivity contribution in [3.63, 3.8) is 0 Å². The molecule has 0 saturated heterocycles. The van der Waals surface area contributed by atoms with Crippen molar-refractivity contribution < 1.29 is 9.90 Å². The Morgan fingerprint density at radius 1 is 1.43 bits per heavy atom. The zero-order valence-corrected chi connectivity index (χ0v) is 7.60. The second kappa shape index (κ2) is 5.04. The van der Waals surface area contributed by atoms with Gasteiger partial charge in [0.2, 0.25) is 0 Å². The first-order valence-corrected chi connectivity index (χ1v) is 4.16. The predicted octanol–water partition coefficient (Wildman–Crippen LogP) is 1.69. The molecule has 0 bridgehead atoms. The fourth-order valence-corrected chi connectivity index (χ4v) is 1.08. The summed E-state index contributed by atoms with van der Waals surface area (Å²) in [6.45, 7) is 3.62. The van der Waals surface area contributed by atoms with Crippen LogP contribution in [-0.2, 0) is 0 Å². The lowest BCUT2D eigenvalue weighted by Gasteiger charge is -2.13. The van der Waals surface area contributed by atoms with Gasteiger partial charge in [0.15, 0.2) is 0 Å². The fourth-order valence-electron chi connectivity index (χ4n) is 1.08. The minimum Gasteiger partial charge on any atom is -0.464 e. The summed E-state index contributed by atoms with van der Waals surface area (Å²) in [4.78, 5) is 10.2. The van der Waals surface area contributed by atoms with E-state index in [1.165, 1.54) is 0 Å². The third kappa shape index (κ3) is 2.91. The Morgan fingerprint density at radius 3 is 2.57 bits per heavy atom. The zero-order valence-electron chi connectivity index (χ0n) is 7.60. The van der Waals surface area contributed by atoms with Crippen LogP contribution in [0.5, 0.6) is 0 Å². The first-order chi connectivity index (χ1) is 6.74. The SMILES string of the molecule is C=CC(NNC(=O)O)c1ccccc1. The van der Waals surface area contributed by atoms with Crippen LogP contribution >= 0.6 is 0 Å². The van der Waals surface area contributed by atoms with E-state index >= 15 is 0 Å². The standard InChI is InChI=1S/C10H12N2O2/c1-2-9(11-12-10(13)14)8-6-4-3-5-7-8/h2-7,9,11-12H,1H2,(H,13,14). The lowest BCUT2D eigenvalue weighted by atomic mass is 10.1. The maximum Gasteiger partial charge on any atom is 0.419 e. The highest BCUT2D eigenvalue weighted by atomic mass is 16.4. The third-order valence-corrected chi connectivity index (χ3v) is 1.73. The normalized spacial score (nSPS) is 11.7. The largest absolute Gasteiger partial charge is 0.464 e. The summed E-state index contributed by atoms with van der Waals surface area (Å²) in [7, 11) is 0. The van der Waals surface area contributed by atoms with Crippen molar-refractivity contribution in [1.29, 1.82) is 0 Å². The molecule has 0 heterocycles. The van der Waals surface area contributed by atoms with Crippen molar-refractivity contribution in [2.75, 3.05) is 0 Å². The van der Waals surface area contributed by atoms with Crippen molar-refractivity contribution >= 4 is 6.09 Å². The Balaban J connectivity index is 2.63. The number of carboxylic acid groups (broad SMARTS) is 1. The van der Waals surface area contributed by atoms with Gasteiger partial charge in [-0.2, -0.15) is 0 Å². The van der Waals surface area contributed by atoms with Gasteiger partial charge < -0.3 is 5.11 Å². The zero-order chi connectivity index (χ0) is 10.4. The molecule has 1 rings (SSSR count). The number of benzene rings is 1. The quantitative estimate of drug-likeness (QED) is 0.502. The first kappa shape index (κ1) is 10.3. The van der Waals surface area contributed by atoms with Gasteiger partial charge in [0, 0.05) is 0 Å². The summed E-state index contributed by atoms with van der Waals surface area (Å²) in [6.07, 6.45) is 0.512. The van der Waals surface area contributed by atoms with Crippen molar-refractivity contribution in [3.05, 3.63) is 48.6 Å². The van der Waals surface area contributed by atoms with Crippen LogP contribution in [0.25, 0.3) is 0 Å². The van der Waals surface area contributed by atoms with Crippen LogP contribution in [0, 0.1) is 0 Å². The van der Waals surface area contributed by atoms with Crippen molar-refractivity contribution in [2.45, 2.75) is 6.04 Å². The van der Waals surface area contributed by atoms with E-state index < -0.39 is 6.09 Å². The van der Waals surface area contributed by atoms with Crippen LogP contribution in [0.4, 0.5) is 4.79 Å². The molecule has 0 fully saturated rings. The van der Waals surface area contributed by atoms with Crippen molar-refractivity contribution in [3.8, 4) is 0 Å². The highest BCUT2D eigenvalue weighted by Crippen LogP contribution is 2.11. The number of hydrogen-bond acceptors (Lipinski definition) is 2. The number of rotatable bonds is 4. The smallest absolute Gasteiger partial charge is 0.419 e. The molecule has 4 heteroatoms. The second-order valence-electron chi connectivity index (χ2n) is 2.70. The Morgan fingerprint density at radius 2 is 2.07 bits per heavy atom. The fraction of sp³-hybridized carbons (Fsp3) is 0.100. The summed E-state index contributed by atoms with van der Waals surface area (Å²) in [6, 6.07) is 9.23. The van der Waals surface area contributed by atoms with Gasteiger partial charge in [-0.3, -0.25) is 5.43 Å². The Hall–Kier alpha value is -1.81. The molecule has 1 unspecified atom stereocenters. The van der Waals surface area contributed by atoms with E-state index in [0.29, 0.717) is 0 Å². The van der Waals surface area contributed by atoms with E-state index in [-0.39, 0.29) is 6.04 Å². The predicted molar refractivity (Wildman–Crippen MR) is 53.7 cm³/mol. The third-order valence-electron chi connectivity index (χ3n) is 1.73. The van der Waals surface area contributed by atoms with E-state index in [9.17, 15) is 4.79 Å². The molecule has 0 aliphatic heterocycles. The number of amides is 1. The molecule has 0 radical (unpaired) electrons. The van der Waals surface area contributed by atoms with Gasteiger partial charge in [0.25, 0.3) is 0 Å². The molecule has 74 valence electrons. The first-order valence-electron chi connectivity index (χ1n) is 4.16. The molecule has 1 aromatic carbocycles. The van der Waals surface area contributed by atoms with Gasteiger partial charge in [-0.1, -0.05) is 36.4 Å². The van der Waals surface area contributed by atoms with E-state index in [2.05, 4.69) is 17.4 Å². The van der Waals surface area contributed by atoms with Crippen LogP contribution in [0.15, 0.2) is 43.0 Å². The van der Waals surface area contributed by atoms with Crippen LogP contribution in [-0.4, -0.2) is 11.2 Å². The molecule has 14 heavy (non-hydrogen) atoms. The Bertz CT molecular complexity index is 311. The van der Waals surface area contributed by atoms with Gasteiger partial charge in [0.1, 0.15) is 0 Å². The van der Waals surface area contributed by atoms with Gasteiger partial charge >= 0.3 is 6.09 Å². The monoisotopic (exact) mass is 192 g/mol. The molecule has 4 nitrogen and oxygen atoms in total. The highest BCUT2D eigenvalue weighted by molar-refractivity contribution is 5.63. The maximum atomic E-state index is 10.2. The molecule has 0 aromatic heterocycles. The molecule has 1 aromatic rings. The molecular weight excluding hydrogens is 180 g/mol. The summed E-state index contributed by atoms with van der Waals surface area (Å²) in [5.74, 6) is 0. The number of nitrogens with one attached hydrogen (secondary N) is 2. The average Bonchev–Trinajstić information content (AvgIpc) is 2.20. The molecule has 3 N–H and O–H groups in total. The van der Waals surface area contributed by atoms with Crippen LogP contribution < -0.4 is 10.9 Å². The molecule has 0 aliphatic carbocycles. The van der Waals surface area contributed by atoms with Gasteiger partial charge in [0.05, 0.1) is 6.04 Å². The minimum atomic E-state index is -1.12. The van der Waals surface area contributed by atoms with Gasteiger partial charge in [-0.15, -0.1) is 6.58 Å². The number of carbonyl (C=O) groups is 1. The number of hydrogen-bond donors (Lipinski definition) is 3. The highest BCUT2D eigenvalue weighted by Gasteiger charge is 2.06. The molecule has 0 spiro atoms. The molecule has 0 saturated carbocycles. The van der Waals surface area contributed by atoms with E-state index in [1.54, 1.807) is 6.08 Å². The average molecular weight is 192 g/mol. The van der Waals surface area contributed by atoms with Crippen LogP contribution in [0.3, 0.4) is 0 Å². The second-order valence-corrected chi connectivity index (χ2v) is 2.70. The lowest BCUT2D eigenvalue weighted by Crippen LogP contribution is -2.38.